The number of benzene rings is 1. The molecule has 0 aliphatic carbocycles. The molecule has 4 heterocycles. The largest absolute Gasteiger partial charge is 0.365 e. The molecule has 2 aliphatic heterocycles. The number of carbonyl (C=O) groups is 2. The number of fused-ring (bicyclic) bond motifs is 1. The number of anilines is 4. The molecule has 0 radical (unpaired) electrons. The van der Waals surface area contributed by atoms with E-state index >= 15 is 0 Å². The van der Waals surface area contributed by atoms with Crippen molar-refractivity contribution in [3.8, 4) is 0 Å². The van der Waals surface area contributed by atoms with Crippen LogP contribution in [0.4, 0.5) is 23.1 Å². The molecule has 3 aromatic rings. The van der Waals surface area contributed by atoms with Gasteiger partial charge in [0, 0.05) is 38.4 Å². The maximum absolute atomic E-state index is 12.4. The number of hydrogen-bond acceptors (Lipinski definition) is 7. The molecule has 36 heavy (non-hydrogen) atoms. The molecule has 0 atom stereocenters. The van der Waals surface area contributed by atoms with Crippen molar-refractivity contribution in [2.24, 2.45) is 0 Å². The van der Waals surface area contributed by atoms with Crippen molar-refractivity contribution in [1.29, 1.82) is 0 Å². The van der Waals surface area contributed by atoms with Crippen LogP contribution in [0.15, 0.2) is 36.8 Å². The SMILES string of the molecule is CC(=O)N1CCC(n2cc(Nc3ncc(Cl)c(NCc4cccc5c4C(C)(C)C(=O)N5)n3)cn2)CC1. The Morgan fingerprint density at radius 2 is 2.03 bits per heavy atom. The van der Waals surface area contributed by atoms with Crippen LogP contribution in [0.1, 0.15) is 50.8 Å². The fourth-order valence-electron chi connectivity index (χ4n) is 4.89. The van der Waals surface area contributed by atoms with Gasteiger partial charge in [0.15, 0.2) is 5.82 Å². The molecule has 188 valence electrons. The molecule has 10 nitrogen and oxygen atoms in total. The fourth-order valence-corrected chi connectivity index (χ4v) is 5.05. The molecule has 1 fully saturated rings. The molecule has 0 saturated carbocycles. The molecule has 0 bridgehead atoms. The average molecular weight is 509 g/mol. The van der Waals surface area contributed by atoms with Crippen molar-refractivity contribution in [3.63, 3.8) is 0 Å². The summed E-state index contributed by atoms with van der Waals surface area (Å²) in [5.41, 5.74) is 2.97. The Morgan fingerprint density at radius 1 is 1.25 bits per heavy atom. The lowest BCUT2D eigenvalue weighted by molar-refractivity contribution is -0.130. The molecular weight excluding hydrogens is 480 g/mol. The molecule has 2 aliphatic rings. The molecule has 3 N–H and O–H groups in total. The first-order valence-electron chi connectivity index (χ1n) is 12.0. The number of hydrogen-bond donors (Lipinski definition) is 3. The first kappa shape index (κ1) is 24.1. The summed E-state index contributed by atoms with van der Waals surface area (Å²) in [5, 5.41) is 14.3. The second kappa shape index (κ2) is 9.42. The van der Waals surface area contributed by atoms with E-state index in [-0.39, 0.29) is 17.9 Å². The quantitative estimate of drug-likeness (QED) is 0.459. The third kappa shape index (κ3) is 4.60. The van der Waals surface area contributed by atoms with E-state index in [2.05, 4.69) is 31.0 Å². The molecular formula is C25H29ClN8O2. The van der Waals surface area contributed by atoms with Gasteiger partial charge in [-0.15, -0.1) is 0 Å². The van der Waals surface area contributed by atoms with Gasteiger partial charge in [0.05, 0.1) is 29.5 Å². The van der Waals surface area contributed by atoms with Crippen molar-refractivity contribution in [3.05, 3.63) is 52.9 Å². The fraction of sp³-hybridized carbons (Fsp3) is 0.400. The number of nitrogens with one attached hydrogen (secondary N) is 3. The Labute approximate surface area is 214 Å². The summed E-state index contributed by atoms with van der Waals surface area (Å²) in [6, 6.07) is 6.08. The van der Waals surface area contributed by atoms with E-state index in [1.807, 2.05) is 47.8 Å². The van der Waals surface area contributed by atoms with Gasteiger partial charge >= 0.3 is 0 Å². The van der Waals surface area contributed by atoms with Crippen LogP contribution in [-0.4, -0.2) is 49.6 Å². The lowest BCUT2D eigenvalue weighted by Gasteiger charge is -2.31. The first-order chi connectivity index (χ1) is 17.2. The van der Waals surface area contributed by atoms with E-state index in [1.165, 1.54) is 0 Å². The van der Waals surface area contributed by atoms with Crippen LogP contribution in [0.25, 0.3) is 0 Å². The predicted octanol–water partition coefficient (Wildman–Crippen LogP) is 4.10. The normalized spacial score (nSPS) is 17.0. The van der Waals surface area contributed by atoms with E-state index in [4.69, 9.17) is 11.6 Å². The van der Waals surface area contributed by atoms with Crippen molar-refractivity contribution in [2.75, 3.05) is 29.0 Å². The number of carbonyl (C=O) groups excluding carboxylic acids is 2. The maximum atomic E-state index is 12.4. The lowest BCUT2D eigenvalue weighted by atomic mass is 9.83. The van der Waals surface area contributed by atoms with E-state index < -0.39 is 5.41 Å². The Hall–Kier alpha value is -3.66. The van der Waals surface area contributed by atoms with Gasteiger partial charge in [0.2, 0.25) is 17.8 Å². The van der Waals surface area contributed by atoms with Gasteiger partial charge in [0.1, 0.15) is 5.02 Å². The number of aromatic nitrogens is 4. The van der Waals surface area contributed by atoms with Crippen LogP contribution in [-0.2, 0) is 21.5 Å². The summed E-state index contributed by atoms with van der Waals surface area (Å²) < 4.78 is 1.93. The zero-order chi connectivity index (χ0) is 25.4. The molecule has 0 spiro atoms. The van der Waals surface area contributed by atoms with Crippen LogP contribution < -0.4 is 16.0 Å². The van der Waals surface area contributed by atoms with Gasteiger partial charge < -0.3 is 20.9 Å². The first-order valence-corrected chi connectivity index (χ1v) is 12.4. The van der Waals surface area contributed by atoms with E-state index in [0.717, 1.165) is 48.4 Å². The van der Waals surface area contributed by atoms with Gasteiger partial charge in [-0.25, -0.2) is 4.98 Å². The summed E-state index contributed by atoms with van der Waals surface area (Å²) in [4.78, 5) is 34.7. The minimum atomic E-state index is -0.612. The number of halogens is 1. The summed E-state index contributed by atoms with van der Waals surface area (Å²) in [5.74, 6) is 0.988. The molecule has 2 aromatic heterocycles. The van der Waals surface area contributed by atoms with Crippen LogP contribution in [0.2, 0.25) is 5.02 Å². The van der Waals surface area contributed by atoms with Crippen molar-refractivity contribution >= 4 is 46.6 Å². The topological polar surface area (TPSA) is 117 Å². The predicted molar refractivity (Wildman–Crippen MR) is 139 cm³/mol. The highest BCUT2D eigenvalue weighted by Crippen LogP contribution is 2.40. The number of piperidine rings is 1. The van der Waals surface area contributed by atoms with Gasteiger partial charge in [-0.2, -0.15) is 10.1 Å². The Balaban J connectivity index is 1.26. The summed E-state index contributed by atoms with van der Waals surface area (Å²) in [6.45, 7) is 7.38. The van der Waals surface area contributed by atoms with E-state index in [0.29, 0.717) is 23.3 Å². The molecule has 11 heteroatoms. The third-order valence-electron chi connectivity index (χ3n) is 6.92. The molecule has 1 aromatic carbocycles. The van der Waals surface area contributed by atoms with Gasteiger partial charge in [0.25, 0.3) is 0 Å². The smallest absolute Gasteiger partial charge is 0.234 e. The van der Waals surface area contributed by atoms with Crippen molar-refractivity contribution < 1.29 is 9.59 Å². The van der Waals surface area contributed by atoms with Crippen LogP contribution >= 0.6 is 11.6 Å². The average Bonchev–Trinajstić information content (AvgIpc) is 3.41. The standard InChI is InChI=1S/C25H29ClN8O2/c1-15(35)33-9-7-18(8-10-33)34-14-17(12-29-34)30-24-28-13-19(26)22(32-24)27-11-16-5-4-6-20-21(16)25(2,3)23(36)31-20/h4-6,12-14,18H,7-11H2,1-3H3,(H,31,36)(H2,27,28,30,32). The maximum Gasteiger partial charge on any atom is 0.234 e. The minimum Gasteiger partial charge on any atom is -0.365 e. The zero-order valence-corrected chi connectivity index (χ0v) is 21.3. The number of likely N-dealkylation sites (tertiary alicyclic amines) is 1. The number of amides is 2. The third-order valence-corrected chi connectivity index (χ3v) is 7.20. The summed E-state index contributed by atoms with van der Waals surface area (Å²) in [6.07, 6.45) is 6.95. The minimum absolute atomic E-state index is 0.0125. The second-order valence-corrected chi connectivity index (χ2v) is 10.1. The Morgan fingerprint density at radius 3 is 2.78 bits per heavy atom. The molecule has 2 amide bonds. The highest BCUT2D eigenvalue weighted by Gasteiger charge is 2.39. The van der Waals surface area contributed by atoms with Gasteiger partial charge in [-0.05, 0) is 43.9 Å². The number of rotatable bonds is 6. The molecule has 1 saturated heterocycles. The molecule has 0 unspecified atom stereocenters. The zero-order valence-electron chi connectivity index (χ0n) is 20.5. The summed E-state index contributed by atoms with van der Waals surface area (Å²) >= 11 is 6.38. The summed E-state index contributed by atoms with van der Waals surface area (Å²) in [7, 11) is 0. The van der Waals surface area contributed by atoms with Crippen molar-refractivity contribution in [2.45, 2.75) is 51.6 Å². The highest BCUT2D eigenvalue weighted by molar-refractivity contribution is 6.32. The lowest BCUT2D eigenvalue weighted by Crippen LogP contribution is -2.37. The second-order valence-electron chi connectivity index (χ2n) is 9.73. The van der Waals surface area contributed by atoms with Crippen LogP contribution in [0, 0.1) is 0 Å². The monoisotopic (exact) mass is 508 g/mol. The van der Waals surface area contributed by atoms with Gasteiger partial charge in [-0.3, -0.25) is 14.3 Å². The Bertz CT molecular complexity index is 1310. The van der Waals surface area contributed by atoms with Crippen LogP contribution in [0.3, 0.4) is 0 Å². The number of nitrogens with zero attached hydrogens (tertiary/aromatic N) is 5. The van der Waals surface area contributed by atoms with Gasteiger partial charge in [-0.1, -0.05) is 23.7 Å². The van der Waals surface area contributed by atoms with Crippen molar-refractivity contribution in [1.82, 2.24) is 24.6 Å². The van der Waals surface area contributed by atoms with Crippen LogP contribution in [0.5, 0.6) is 0 Å². The van der Waals surface area contributed by atoms with E-state index in [9.17, 15) is 9.59 Å². The Kier molecular flexibility index (Phi) is 6.29. The van der Waals surface area contributed by atoms with E-state index in [1.54, 1.807) is 19.3 Å². The highest BCUT2D eigenvalue weighted by atomic mass is 35.5. The molecule has 5 rings (SSSR count).